The van der Waals surface area contributed by atoms with Crippen LogP contribution in [0.25, 0.3) is 0 Å². The van der Waals surface area contributed by atoms with Crippen LogP contribution in [-0.2, 0) is 0 Å². The topological polar surface area (TPSA) is 73.1 Å². The zero-order chi connectivity index (χ0) is 18.0. The van der Waals surface area contributed by atoms with Gasteiger partial charge in [0.05, 0.1) is 17.4 Å². The largest absolute Gasteiger partial charge is 0.411 e. The average molecular weight is 350 g/mol. The number of fused-ring (bicyclic) bond motifs is 5. The van der Waals surface area contributed by atoms with Crippen molar-refractivity contribution in [2.75, 3.05) is 0 Å². The predicted molar refractivity (Wildman–Crippen MR) is 97.6 cm³/mol. The number of aliphatic hydroxyl groups is 2. The Hall–Kier alpha value is -0.610. The molecule has 4 fully saturated rings. The van der Waals surface area contributed by atoms with E-state index in [0.717, 1.165) is 57.1 Å². The lowest BCUT2D eigenvalue weighted by Gasteiger charge is -2.63. The van der Waals surface area contributed by atoms with Crippen LogP contribution < -0.4 is 0 Å². The molecule has 0 spiro atoms. The SMILES string of the molecule is C/C(=N/O)[C@H]1CC[C@]2(O)[C@@H]3CC[C@@H]4C[C@@H](O)CC[C@]4(C)[C@H]3CC[C@]12C. The van der Waals surface area contributed by atoms with Crippen molar-refractivity contribution in [1.82, 2.24) is 0 Å². The maximum atomic E-state index is 12.0. The second kappa shape index (κ2) is 5.69. The van der Waals surface area contributed by atoms with E-state index in [2.05, 4.69) is 19.0 Å². The zero-order valence-corrected chi connectivity index (χ0v) is 16.0. The Balaban J connectivity index is 1.67. The van der Waals surface area contributed by atoms with Crippen LogP contribution in [0.2, 0.25) is 0 Å². The highest BCUT2D eigenvalue weighted by molar-refractivity contribution is 5.85. The average Bonchev–Trinajstić information content (AvgIpc) is 2.86. The fraction of sp³-hybridized carbons (Fsp3) is 0.952. The molecule has 4 nitrogen and oxygen atoms in total. The van der Waals surface area contributed by atoms with Gasteiger partial charge in [0.25, 0.3) is 0 Å². The highest BCUT2D eigenvalue weighted by atomic mass is 16.4. The highest BCUT2D eigenvalue weighted by Gasteiger charge is 2.67. The van der Waals surface area contributed by atoms with Crippen molar-refractivity contribution in [2.45, 2.75) is 90.3 Å². The first-order valence-corrected chi connectivity index (χ1v) is 10.4. The quantitative estimate of drug-likeness (QED) is 0.381. The molecular weight excluding hydrogens is 314 g/mol. The second-order valence-electron chi connectivity index (χ2n) is 10.1. The molecule has 4 aliphatic rings. The van der Waals surface area contributed by atoms with E-state index in [1.165, 1.54) is 6.42 Å². The summed E-state index contributed by atoms with van der Waals surface area (Å²) < 4.78 is 0. The lowest BCUT2D eigenvalue weighted by atomic mass is 9.43. The van der Waals surface area contributed by atoms with Gasteiger partial charge in [-0.1, -0.05) is 19.0 Å². The van der Waals surface area contributed by atoms with Gasteiger partial charge in [-0.15, -0.1) is 0 Å². The van der Waals surface area contributed by atoms with Crippen molar-refractivity contribution in [3.8, 4) is 0 Å². The summed E-state index contributed by atoms with van der Waals surface area (Å²) in [7, 11) is 0. The Bertz CT molecular complexity index is 577. The van der Waals surface area contributed by atoms with E-state index in [1.807, 2.05) is 6.92 Å². The smallest absolute Gasteiger partial charge is 0.0738 e. The van der Waals surface area contributed by atoms with Gasteiger partial charge in [0.2, 0.25) is 0 Å². The molecule has 3 N–H and O–H groups in total. The molecule has 25 heavy (non-hydrogen) atoms. The summed E-state index contributed by atoms with van der Waals surface area (Å²) in [4.78, 5) is 0. The van der Waals surface area contributed by atoms with E-state index >= 15 is 0 Å². The first kappa shape index (κ1) is 17.8. The summed E-state index contributed by atoms with van der Waals surface area (Å²) in [5.74, 6) is 1.74. The predicted octanol–water partition coefficient (Wildman–Crippen LogP) is 3.97. The summed E-state index contributed by atoms with van der Waals surface area (Å²) in [6.45, 7) is 6.60. The Labute approximate surface area is 151 Å². The fourth-order valence-corrected chi connectivity index (χ4v) is 7.94. The first-order chi connectivity index (χ1) is 11.8. The van der Waals surface area contributed by atoms with Gasteiger partial charge in [0.15, 0.2) is 0 Å². The molecule has 0 aromatic carbocycles. The van der Waals surface area contributed by atoms with Crippen LogP contribution in [0.1, 0.15) is 78.6 Å². The lowest BCUT2D eigenvalue weighted by molar-refractivity contribution is -0.206. The van der Waals surface area contributed by atoms with Crippen molar-refractivity contribution in [1.29, 1.82) is 0 Å². The molecule has 0 radical (unpaired) electrons. The Morgan fingerprint density at radius 3 is 2.44 bits per heavy atom. The van der Waals surface area contributed by atoms with Gasteiger partial charge >= 0.3 is 0 Å². The molecule has 142 valence electrons. The zero-order valence-electron chi connectivity index (χ0n) is 16.0. The van der Waals surface area contributed by atoms with Gasteiger partial charge in [0.1, 0.15) is 0 Å². The van der Waals surface area contributed by atoms with Gasteiger partial charge in [-0.3, -0.25) is 0 Å². The molecule has 0 aliphatic heterocycles. The van der Waals surface area contributed by atoms with Gasteiger partial charge in [-0.05, 0) is 87.9 Å². The summed E-state index contributed by atoms with van der Waals surface area (Å²) in [6, 6.07) is 0. The fourth-order valence-electron chi connectivity index (χ4n) is 7.94. The summed E-state index contributed by atoms with van der Waals surface area (Å²) in [5.41, 5.74) is 0.271. The van der Waals surface area contributed by atoms with E-state index in [0.29, 0.717) is 17.8 Å². The number of hydrogen-bond donors (Lipinski definition) is 3. The van der Waals surface area contributed by atoms with E-state index in [4.69, 9.17) is 0 Å². The van der Waals surface area contributed by atoms with Crippen molar-refractivity contribution in [3.63, 3.8) is 0 Å². The highest BCUT2D eigenvalue weighted by Crippen LogP contribution is 2.69. The summed E-state index contributed by atoms with van der Waals surface area (Å²) in [5, 5.41) is 34.9. The summed E-state index contributed by atoms with van der Waals surface area (Å²) >= 11 is 0. The molecule has 4 heteroatoms. The minimum atomic E-state index is -0.628. The van der Waals surface area contributed by atoms with Crippen LogP contribution in [0.3, 0.4) is 0 Å². The van der Waals surface area contributed by atoms with E-state index < -0.39 is 5.60 Å². The lowest BCUT2D eigenvalue weighted by Crippen LogP contribution is -2.62. The third kappa shape index (κ3) is 2.22. The minimum absolute atomic E-state index is 0.120. The molecule has 0 saturated heterocycles. The van der Waals surface area contributed by atoms with Crippen LogP contribution in [0, 0.1) is 34.5 Å². The monoisotopic (exact) mass is 349 g/mol. The van der Waals surface area contributed by atoms with Crippen molar-refractivity contribution in [2.24, 2.45) is 39.7 Å². The van der Waals surface area contributed by atoms with Gasteiger partial charge in [0, 0.05) is 11.3 Å². The van der Waals surface area contributed by atoms with Crippen molar-refractivity contribution in [3.05, 3.63) is 0 Å². The molecule has 0 bridgehead atoms. The van der Waals surface area contributed by atoms with Crippen LogP contribution >= 0.6 is 0 Å². The standard InChI is InChI=1S/C21H35NO3/c1-13(22-25)16-8-11-21(24)18-5-4-14-12-15(23)6-9-19(14,2)17(18)7-10-20(16,21)3/h14-18,23-25H,4-12H2,1-3H3/b22-13-/t14-,15+,16-,17+,18-,19+,20-,21+/m1/s1. The first-order valence-electron chi connectivity index (χ1n) is 10.4. The van der Waals surface area contributed by atoms with Crippen LogP contribution in [0.15, 0.2) is 5.16 Å². The molecular formula is C21H35NO3. The van der Waals surface area contributed by atoms with Crippen molar-refractivity contribution < 1.29 is 15.4 Å². The van der Waals surface area contributed by atoms with Crippen LogP contribution in [-0.4, -0.2) is 32.8 Å². The maximum absolute atomic E-state index is 12.0. The Morgan fingerprint density at radius 2 is 1.72 bits per heavy atom. The third-order valence-electron chi connectivity index (χ3n) is 9.49. The van der Waals surface area contributed by atoms with Gasteiger partial charge in [-0.2, -0.15) is 0 Å². The molecule has 8 atom stereocenters. The molecule has 0 amide bonds. The number of rotatable bonds is 1. The minimum Gasteiger partial charge on any atom is -0.411 e. The van der Waals surface area contributed by atoms with E-state index in [-0.39, 0.29) is 22.9 Å². The number of nitrogens with zero attached hydrogens (tertiary/aromatic N) is 1. The summed E-state index contributed by atoms with van der Waals surface area (Å²) in [6.07, 6.45) is 9.06. The maximum Gasteiger partial charge on any atom is 0.0738 e. The van der Waals surface area contributed by atoms with E-state index in [9.17, 15) is 15.4 Å². The third-order valence-corrected chi connectivity index (χ3v) is 9.49. The number of oxime groups is 1. The van der Waals surface area contributed by atoms with Crippen molar-refractivity contribution >= 4 is 5.71 Å². The van der Waals surface area contributed by atoms with Crippen LogP contribution in [0.5, 0.6) is 0 Å². The normalized spacial score (nSPS) is 56.0. The van der Waals surface area contributed by atoms with Gasteiger partial charge in [-0.25, -0.2) is 0 Å². The molecule has 0 heterocycles. The molecule has 0 aromatic rings. The Kier molecular flexibility index (Phi) is 4.05. The number of aliphatic hydroxyl groups excluding tert-OH is 1. The molecule has 0 aromatic heterocycles. The molecule has 4 aliphatic carbocycles. The second-order valence-corrected chi connectivity index (χ2v) is 10.1. The van der Waals surface area contributed by atoms with Crippen LogP contribution in [0.4, 0.5) is 0 Å². The number of hydrogen-bond acceptors (Lipinski definition) is 4. The molecule has 4 rings (SSSR count). The Morgan fingerprint density at radius 1 is 0.960 bits per heavy atom. The van der Waals surface area contributed by atoms with Gasteiger partial charge < -0.3 is 15.4 Å². The van der Waals surface area contributed by atoms with E-state index in [1.54, 1.807) is 0 Å². The molecule has 4 saturated carbocycles. The molecule has 0 unspecified atom stereocenters.